The van der Waals surface area contributed by atoms with E-state index in [1.807, 2.05) is 6.92 Å². The van der Waals surface area contributed by atoms with Gasteiger partial charge in [-0.3, -0.25) is 4.79 Å². The maximum absolute atomic E-state index is 13.3. The Balaban J connectivity index is 1.85. The molecule has 1 fully saturated rings. The molecule has 3 nitrogen and oxygen atoms in total. The van der Waals surface area contributed by atoms with Crippen LogP contribution in [0, 0.1) is 18.7 Å². The maximum Gasteiger partial charge on any atom is 0.198 e. The molecule has 0 amide bonds. The fourth-order valence-corrected chi connectivity index (χ4v) is 2.76. The minimum absolute atomic E-state index is 0.00556. The zero-order valence-electron chi connectivity index (χ0n) is 11.4. The highest BCUT2D eigenvalue weighted by molar-refractivity contribution is 6.00. The van der Waals surface area contributed by atoms with Crippen LogP contribution in [0.15, 0.2) is 22.6 Å². The van der Waals surface area contributed by atoms with E-state index < -0.39 is 0 Å². The van der Waals surface area contributed by atoms with Gasteiger partial charge in [-0.2, -0.15) is 0 Å². The zero-order chi connectivity index (χ0) is 14.1. The summed E-state index contributed by atoms with van der Waals surface area (Å²) < 4.78 is 24.2. The molecule has 2 aromatic rings. The summed E-state index contributed by atoms with van der Waals surface area (Å²) in [6.07, 6.45) is 2.31. The molecule has 0 atom stereocenters. The van der Waals surface area contributed by atoms with Crippen LogP contribution in [0.1, 0.15) is 35.4 Å². The van der Waals surface area contributed by atoms with Crippen molar-refractivity contribution in [1.82, 2.24) is 0 Å². The van der Waals surface area contributed by atoms with E-state index in [2.05, 4.69) is 0 Å². The molecule has 0 unspecified atom stereocenters. The lowest BCUT2D eigenvalue weighted by molar-refractivity contribution is 0.0593. The monoisotopic (exact) mass is 276 g/mol. The third kappa shape index (κ3) is 2.48. The fourth-order valence-electron chi connectivity index (χ4n) is 2.76. The summed E-state index contributed by atoms with van der Waals surface area (Å²) in [5.74, 6) is 0.425. The number of carbonyl (C=O) groups excluding carboxylic acids is 1. The number of aryl methyl sites for hydroxylation is 1. The maximum atomic E-state index is 13.3. The largest absolute Gasteiger partial charge is 0.453 e. The Kier molecular flexibility index (Phi) is 3.57. The number of fused-ring (bicyclic) bond motifs is 1. The molecule has 0 N–H and O–H groups in total. The molecule has 0 bridgehead atoms. The van der Waals surface area contributed by atoms with Crippen molar-refractivity contribution >= 4 is 16.8 Å². The predicted molar refractivity (Wildman–Crippen MR) is 73.4 cm³/mol. The molecular weight excluding hydrogens is 259 g/mol. The van der Waals surface area contributed by atoms with Gasteiger partial charge in [-0.1, -0.05) is 0 Å². The lowest BCUT2D eigenvalue weighted by Gasteiger charge is -2.20. The summed E-state index contributed by atoms with van der Waals surface area (Å²) in [4.78, 5) is 12.4. The number of Topliss-reactive ketones (excluding diaryl/α,β-unsaturated/α-hetero) is 1. The molecular formula is C16H17FO3. The van der Waals surface area contributed by atoms with Crippen LogP contribution in [0.4, 0.5) is 4.39 Å². The second-order valence-corrected chi connectivity index (χ2v) is 5.38. The summed E-state index contributed by atoms with van der Waals surface area (Å²) in [7, 11) is 0. The minimum Gasteiger partial charge on any atom is -0.453 e. The average Bonchev–Trinajstić information content (AvgIpc) is 2.77. The molecule has 0 saturated carbocycles. The Hall–Kier alpha value is -1.68. The van der Waals surface area contributed by atoms with E-state index >= 15 is 0 Å². The van der Waals surface area contributed by atoms with Crippen LogP contribution in [-0.4, -0.2) is 19.0 Å². The van der Waals surface area contributed by atoms with Gasteiger partial charge in [0, 0.05) is 30.6 Å². The van der Waals surface area contributed by atoms with Gasteiger partial charge in [0.25, 0.3) is 0 Å². The zero-order valence-corrected chi connectivity index (χ0v) is 11.4. The molecule has 2 heterocycles. The van der Waals surface area contributed by atoms with Gasteiger partial charge >= 0.3 is 0 Å². The Morgan fingerprint density at radius 3 is 2.85 bits per heavy atom. The first kappa shape index (κ1) is 13.3. The van der Waals surface area contributed by atoms with Crippen molar-refractivity contribution in [2.45, 2.75) is 26.2 Å². The Labute approximate surface area is 116 Å². The van der Waals surface area contributed by atoms with E-state index in [0.717, 1.165) is 31.6 Å². The third-order valence-corrected chi connectivity index (χ3v) is 3.97. The van der Waals surface area contributed by atoms with Crippen LogP contribution in [0.5, 0.6) is 0 Å². The second-order valence-electron chi connectivity index (χ2n) is 5.38. The number of hydrogen-bond donors (Lipinski definition) is 0. The van der Waals surface area contributed by atoms with Crippen LogP contribution >= 0.6 is 0 Å². The molecule has 1 aromatic carbocycles. The molecule has 4 heteroatoms. The van der Waals surface area contributed by atoms with Gasteiger partial charge in [0.05, 0.1) is 0 Å². The van der Waals surface area contributed by atoms with Gasteiger partial charge < -0.3 is 9.15 Å². The molecule has 20 heavy (non-hydrogen) atoms. The van der Waals surface area contributed by atoms with Crippen molar-refractivity contribution in [2.75, 3.05) is 13.2 Å². The Morgan fingerprint density at radius 2 is 2.10 bits per heavy atom. The van der Waals surface area contributed by atoms with Crippen LogP contribution in [0.25, 0.3) is 11.0 Å². The van der Waals surface area contributed by atoms with E-state index in [1.165, 1.54) is 12.1 Å². The van der Waals surface area contributed by atoms with Crippen molar-refractivity contribution in [1.29, 1.82) is 0 Å². The standard InChI is InChI=1S/C16H17FO3/c1-10-13-9-12(17)2-3-15(13)20-16(10)14(18)8-11-4-6-19-7-5-11/h2-3,9,11H,4-8H2,1H3. The molecule has 3 rings (SSSR count). The van der Waals surface area contributed by atoms with Crippen molar-refractivity contribution in [2.24, 2.45) is 5.92 Å². The summed E-state index contributed by atoms with van der Waals surface area (Å²) in [6, 6.07) is 4.33. The van der Waals surface area contributed by atoms with E-state index in [-0.39, 0.29) is 11.6 Å². The number of benzene rings is 1. The van der Waals surface area contributed by atoms with E-state index in [1.54, 1.807) is 6.07 Å². The molecule has 0 aliphatic carbocycles. The van der Waals surface area contributed by atoms with E-state index in [0.29, 0.717) is 29.1 Å². The lowest BCUT2D eigenvalue weighted by atomic mass is 9.93. The minimum atomic E-state index is -0.315. The number of ether oxygens (including phenoxy) is 1. The average molecular weight is 276 g/mol. The van der Waals surface area contributed by atoms with Crippen molar-refractivity contribution in [3.8, 4) is 0 Å². The second kappa shape index (κ2) is 5.37. The van der Waals surface area contributed by atoms with Crippen LogP contribution in [0.3, 0.4) is 0 Å². The number of carbonyl (C=O) groups is 1. The van der Waals surface area contributed by atoms with Gasteiger partial charge in [0.2, 0.25) is 0 Å². The normalized spacial score (nSPS) is 16.7. The quantitative estimate of drug-likeness (QED) is 0.799. The SMILES string of the molecule is Cc1c(C(=O)CC2CCOCC2)oc2ccc(F)cc12. The smallest absolute Gasteiger partial charge is 0.198 e. The Bertz CT molecular complexity index is 638. The van der Waals surface area contributed by atoms with Crippen LogP contribution in [-0.2, 0) is 4.74 Å². The first-order valence-electron chi connectivity index (χ1n) is 6.95. The Morgan fingerprint density at radius 1 is 1.35 bits per heavy atom. The number of halogens is 1. The van der Waals surface area contributed by atoms with Gasteiger partial charge in [-0.15, -0.1) is 0 Å². The molecule has 0 spiro atoms. The van der Waals surface area contributed by atoms with Crippen LogP contribution < -0.4 is 0 Å². The predicted octanol–water partition coefficient (Wildman–Crippen LogP) is 3.88. The van der Waals surface area contributed by atoms with Crippen molar-refractivity contribution in [3.05, 3.63) is 35.3 Å². The summed E-state index contributed by atoms with van der Waals surface area (Å²) in [6.45, 7) is 3.26. The van der Waals surface area contributed by atoms with Crippen molar-refractivity contribution < 1.29 is 18.3 Å². The van der Waals surface area contributed by atoms with E-state index in [9.17, 15) is 9.18 Å². The lowest BCUT2D eigenvalue weighted by Crippen LogP contribution is -2.18. The van der Waals surface area contributed by atoms with Gasteiger partial charge in [0.1, 0.15) is 11.4 Å². The summed E-state index contributed by atoms with van der Waals surface area (Å²) in [5.41, 5.74) is 1.30. The molecule has 0 radical (unpaired) electrons. The topological polar surface area (TPSA) is 39.4 Å². The fraction of sp³-hybridized carbons (Fsp3) is 0.438. The van der Waals surface area contributed by atoms with Gasteiger partial charge in [0.15, 0.2) is 11.5 Å². The first-order chi connectivity index (χ1) is 9.65. The molecule has 1 aliphatic rings. The van der Waals surface area contributed by atoms with E-state index in [4.69, 9.17) is 9.15 Å². The first-order valence-corrected chi connectivity index (χ1v) is 6.95. The van der Waals surface area contributed by atoms with Gasteiger partial charge in [-0.05, 0) is 43.9 Å². The van der Waals surface area contributed by atoms with Crippen LogP contribution in [0.2, 0.25) is 0 Å². The third-order valence-electron chi connectivity index (χ3n) is 3.97. The number of ketones is 1. The molecule has 1 aromatic heterocycles. The highest BCUT2D eigenvalue weighted by Crippen LogP contribution is 2.29. The summed E-state index contributed by atoms with van der Waals surface area (Å²) >= 11 is 0. The van der Waals surface area contributed by atoms with Crippen molar-refractivity contribution in [3.63, 3.8) is 0 Å². The number of furan rings is 1. The molecule has 1 aliphatic heterocycles. The highest BCUT2D eigenvalue weighted by Gasteiger charge is 2.23. The molecule has 1 saturated heterocycles. The molecule has 106 valence electrons. The number of rotatable bonds is 3. The number of hydrogen-bond acceptors (Lipinski definition) is 3. The highest BCUT2D eigenvalue weighted by atomic mass is 19.1. The summed E-state index contributed by atoms with van der Waals surface area (Å²) in [5, 5.41) is 0.681. The van der Waals surface area contributed by atoms with Gasteiger partial charge in [-0.25, -0.2) is 4.39 Å².